The minimum absolute atomic E-state index is 0.322. The van der Waals surface area contributed by atoms with E-state index in [9.17, 15) is 9.18 Å². The highest BCUT2D eigenvalue weighted by Crippen LogP contribution is 2.21. The number of benzene rings is 1. The second kappa shape index (κ2) is 5.24. The molecule has 1 aromatic carbocycles. The number of carbonyl (C=O) groups excluding carboxylic acids is 1. The summed E-state index contributed by atoms with van der Waals surface area (Å²) in [5.41, 5.74) is 0.439. The molecule has 0 aliphatic rings. The van der Waals surface area contributed by atoms with Crippen molar-refractivity contribution in [1.29, 1.82) is 0 Å². The zero-order chi connectivity index (χ0) is 10.7. The number of hydrogen-bond donors (Lipinski definition) is 0. The Hall–Kier alpha value is 0.0800. The molecular weight excluding hydrogens is 413 g/mol. The molecule has 0 heterocycles. The van der Waals surface area contributed by atoms with Crippen molar-refractivity contribution in [3.8, 4) is 0 Å². The summed E-state index contributed by atoms with van der Waals surface area (Å²) in [6.07, 6.45) is 0. The smallest absolute Gasteiger partial charge is 0.340 e. The van der Waals surface area contributed by atoms with Gasteiger partial charge in [-0.3, -0.25) is 0 Å². The summed E-state index contributed by atoms with van der Waals surface area (Å²) in [4.78, 5) is 11.4. The van der Waals surface area contributed by atoms with Gasteiger partial charge in [0.15, 0.2) is 0 Å². The number of carbonyl (C=O) groups is 1. The SMILES string of the molecule is CCOC(=O)c1c(I)cc(F)cc1I. The average Bonchev–Trinajstić information content (AvgIpc) is 2.01. The van der Waals surface area contributed by atoms with Gasteiger partial charge in [0, 0.05) is 7.14 Å². The molecule has 0 N–H and O–H groups in total. The van der Waals surface area contributed by atoms with Crippen LogP contribution >= 0.6 is 45.2 Å². The van der Waals surface area contributed by atoms with Gasteiger partial charge in [0.1, 0.15) is 5.82 Å². The molecule has 0 aromatic heterocycles. The molecule has 0 fully saturated rings. The number of esters is 1. The first-order valence-corrected chi connectivity index (χ1v) is 6.03. The van der Waals surface area contributed by atoms with Gasteiger partial charge in [0.25, 0.3) is 0 Å². The molecule has 0 bridgehead atoms. The number of halogens is 3. The molecule has 14 heavy (non-hydrogen) atoms. The highest BCUT2D eigenvalue weighted by Gasteiger charge is 2.16. The van der Waals surface area contributed by atoms with E-state index in [1.807, 2.05) is 45.2 Å². The van der Waals surface area contributed by atoms with E-state index in [0.29, 0.717) is 19.3 Å². The first-order valence-electron chi connectivity index (χ1n) is 3.88. The van der Waals surface area contributed by atoms with Crippen LogP contribution in [0.25, 0.3) is 0 Å². The zero-order valence-corrected chi connectivity index (χ0v) is 11.6. The fourth-order valence-electron chi connectivity index (χ4n) is 0.940. The maximum atomic E-state index is 12.9. The van der Waals surface area contributed by atoms with Crippen molar-refractivity contribution in [3.63, 3.8) is 0 Å². The summed E-state index contributed by atoms with van der Waals surface area (Å²) in [5, 5.41) is 0. The molecule has 0 amide bonds. The maximum Gasteiger partial charge on any atom is 0.340 e. The van der Waals surface area contributed by atoms with E-state index in [1.165, 1.54) is 12.1 Å². The van der Waals surface area contributed by atoms with Crippen LogP contribution in [0.2, 0.25) is 0 Å². The van der Waals surface area contributed by atoms with Gasteiger partial charge in [-0.05, 0) is 64.2 Å². The van der Waals surface area contributed by atoms with E-state index in [2.05, 4.69) is 0 Å². The second-order valence-corrected chi connectivity index (χ2v) is 4.79. The predicted octanol–water partition coefficient (Wildman–Crippen LogP) is 3.21. The van der Waals surface area contributed by atoms with E-state index in [1.54, 1.807) is 6.92 Å². The van der Waals surface area contributed by atoms with Crippen LogP contribution in [-0.4, -0.2) is 12.6 Å². The van der Waals surface area contributed by atoms with Crippen molar-refractivity contribution < 1.29 is 13.9 Å². The number of ether oxygens (including phenoxy) is 1. The van der Waals surface area contributed by atoms with Gasteiger partial charge in [0.2, 0.25) is 0 Å². The van der Waals surface area contributed by atoms with Crippen LogP contribution in [0.4, 0.5) is 4.39 Å². The second-order valence-electron chi connectivity index (χ2n) is 2.46. The lowest BCUT2D eigenvalue weighted by Gasteiger charge is -2.06. The Morgan fingerprint density at radius 1 is 1.43 bits per heavy atom. The molecule has 0 atom stereocenters. The lowest BCUT2D eigenvalue weighted by atomic mass is 10.2. The van der Waals surface area contributed by atoms with Gasteiger partial charge in [-0.25, -0.2) is 9.18 Å². The molecule has 0 aliphatic heterocycles. The Morgan fingerprint density at radius 3 is 2.36 bits per heavy atom. The highest BCUT2D eigenvalue weighted by atomic mass is 127. The van der Waals surface area contributed by atoms with Crippen LogP contribution in [0, 0.1) is 13.0 Å². The summed E-state index contributed by atoms with van der Waals surface area (Å²) in [7, 11) is 0. The van der Waals surface area contributed by atoms with Crippen LogP contribution in [-0.2, 0) is 4.74 Å². The van der Waals surface area contributed by atoms with Crippen molar-refractivity contribution >= 4 is 51.2 Å². The normalized spacial score (nSPS) is 10.0. The molecule has 76 valence electrons. The van der Waals surface area contributed by atoms with Crippen molar-refractivity contribution in [2.24, 2.45) is 0 Å². The predicted molar refractivity (Wildman–Crippen MR) is 67.8 cm³/mol. The third-order valence-electron chi connectivity index (χ3n) is 1.49. The minimum atomic E-state index is -0.402. The zero-order valence-electron chi connectivity index (χ0n) is 7.31. The van der Waals surface area contributed by atoms with E-state index in [-0.39, 0.29) is 5.82 Å². The van der Waals surface area contributed by atoms with Gasteiger partial charge in [-0.2, -0.15) is 0 Å². The van der Waals surface area contributed by atoms with Crippen LogP contribution in [0.3, 0.4) is 0 Å². The molecule has 0 aliphatic carbocycles. The summed E-state index contributed by atoms with van der Waals surface area (Å²) in [6, 6.07) is 2.63. The maximum absolute atomic E-state index is 12.9. The molecule has 1 rings (SSSR count). The molecular formula is C9H7FI2O2. The largest absolute Gasteiger partial charge is 0.462 e. The van der Waals surface area contributed by atoms with Gasteiger partial charge in [-0.1, -0.05) is 0 Å². The van der Waals surface area contributed by atoms with Crippen molar-refractivity contribution in [2.45, 2.75) is 6.92 Å². The van der Waals surface area contributed by atoms with Gasteiger partial charge in [0.05, 0.1) is 12.2 Å². The Labute approximate surface area is 108 Å². The third-order valence-corrected chi connectivity index (χ3v) is 3.19. The van der Waals surface area contributed by atoms with Crippen molar-refractivity contribution in [1.82, 2.24) is 0 Å². The lowest BCUT2D eigenvalue weighted by Crippen LogP contribution is -2.09. The van der Waals surface area contributed by atoms with Gasteiger partial charge >= 0.3 is 5.97 Å². The molecule has 2 nitrogen and oxygen atoms in total. The first kappa shape index (κ1) is 12.2. The van der Waals surface area contributed by atoms with Gasteiger partial charge in [-0.15, -0.1) is 0 Å². The summed E-state index contributed by atoms with van der Waals surface area (Å²) < 4.78 is 18.9. The molecule has 5 heteroatoms. The Kier molecular flexibility index (Phi) is 4.55. The standard InChI is InChI=1S/C9H7FI2O2/c1-2-14-9(13)8-6(11)3-5(10)4-7(8)12/h3-4H,2H2,1H3. The van der Waals surface area contributed by atoms with Crippen LogP contribution < -0.4 is 0 Å². The molecule has 0 unspecified atom stereocenters. The molecule has 1 aromatic rings. The third kappa shape index (κ3) is 2.78. The Morgan fingerprint density at radius 2 is 1.93 bits per heavy atom. The summed E-state index contributed by atoms with van der Waals surface area (Å²) in [6.45, 7) is 2.06. The van der Waals surface area contributed by atoms with Crippen molar-refractivity contribution in [3.05, 3.63) is 30.7 Å². The molecule has 0 radical (unpaired) electrons. The molecule has 0 saturated carbocycles. The monoisotopic (exact) mass is 420 g/mol. The lowest BCUT2D eigenvalue weighted by molar-refractivity contribution is 0.0524. The van der Waals surface area contributed by atoms with E-state index < -0.39 is 5.97 Å². The first-order chi connectivity index (χ1) is 6.56. The highest BCUT2D eigenvalue weighted by molar-refractivity contribution is 14.1. The minimum Gasteiger partial charge on any atom is -0.462 e. The quantitative estimate of drug-likeness (QED) is 0.543. The van der Waals surface area contributed by atoms with Gasteiger partial charge < -0.3 is 4.74 Å². The Balaban J connectivity index is 3.14. The summed E-state index contributed by atoms with van der Waals surface area (Å²) >= 11 is 3.84. The fourth-order valence-corrected chi connectivity index (χ4v) is 3.07. The van der Waals surface area contributed by atoms with Crippen molar-refractivity contribution in [2.75, 3.05) is 6.61 Å². The number of rotatable bonds is 2. The van der Waals surface area contributed by atoms with Crippen LogP contribution in [0.1, 0.15) is 17.3 Å². The van der Waals surface area contributed by atoms with Crippen LogP contribution in [0.15, 0.2) is 12.1 Å². The van der Waals surface area contributed by atoms with E-state index >= 15 is 0 Å². The fraction of sp³-hybridized carbons (Fsp3) is 0.222. The molecule has 0 spiro atoms. The summed E-state index contributed by atoms with van der Waals surface area (Å²) in [5.74, 6) is -0.742. The molecule has 0 saturated heterocycles. The Bertz CT molecular complexity index is 343. The topological polar surface area (TPSA) is 26.3 Å². The van der Waals surface area contributed by atoms with E-state index in [4.69, 9.17) is 4.74 Å². The van der Waals surface area contributed by atoms with E-state index in [0.717, 1.165) is 0 Å². The average molecular weight is 420 g/mol. The van der Waals surface area contributed by atoms with Crippen LogP contribution in [0.5, 0.6) is 0 Å². The number of hydrogen-bond acceptors (Lipinski definition) is 2.